The fraction of sp³-hybridized carbons (Fsp3) is 0.467. The lowest BCUT2D eigenvalue weighted by molar-refractivity contribution is 0.243. The van der Waals surface area contributed by atoms with Crippen LogP contribution in [-0.4, -0.2) is 0 Å². The molecular weight excluding hydrogens is 226 g/mol. The van der Waals surface area contributed by atoms with Gasteiger partial charge in [-0.2, -0.15) is 0 Å². The van der Waals surface area contributed by atoms with Crippen LogP contribution in [0.1, 0.15) is 37.5 Å². The van der Waals surface area contributed by atoms with E-state index in [2.05, 4.69) is 37.3 Å². The maximum atomic E-state index is 6.65. The van der Waals surface area contributed by atoms with Crippen LogP contribution in [0, 0.1) is 5.92 Å². The smallest absolute Gasteiger partial charge is 0.0506 e. The molecule has 1 aliphatic rings. The van der Waals surface area contributed by atoms with Gasteiger partial charge < -0.3 is 5.73 Å². The Morgan fingerprint density at radius 1 is 1.35 bits per heavy atom. The lowest BCUT2D eigenvalue weighted by Gasteiger charge is -2.36. The van der Waals surface area contributed by atoms with E-state index >= 15 is 0 Å². The zero-order valence-corrected chi connectivity index (χ0v) is 11.1. The highest BCUT2D eigenvalue weighted by atomic mass is 32.1. The summed E-state index contributed by atoms with van der Waals surface area (Å²) in [6.07, 6.45) is 4.89. The van der Waals surface area contributed by atoms with Gasteiger partial charge in [0.2, 0.25) is 0 Å². The molecule has 1 fully saturated rings. The maximum Gasteiger partial charge on any atom is 0.0506 e. The van der Waals surface area contributed by atoms with Crippen LogP contribution in [0.15, 0.2) is 30.3 Å². The van der Waals surface area contributed by atoms with Gasteiger partial charge in [0.25, 0.3) is 0 Å². The first-order valence-corrected chi connectivity index (χ1v) is 7.27. The number of rotatable bonds is 1. The normalized spacial score (nSPS) is 29.6. The van der Waals surface area contributed by atoms with Gasteiger partial charge in [0.1, 0.15) is 0 Å². The lowest BCUT2D eigenvalue weighted by Crippen LogP contribution is -2.40. The van der Waals surface area contributed by atoms with Crippen molar-refractivity contribution in [2.45, 2.75) is 38.1 Å². The van der Waals surface area contributed by atoms with Crippen molar-refractivity contribution in [3.05, 3.63) is 35.2 Å². The van der Waals surface area contributed by atoms with Crippen LogP contribution in [0.3, 0.4) is 0 Å². The van der Waals surface area contributed by atoms with Gasteiger partial charge in [-0.25, -0.2) is 0 Å². The van der Waals surface area contributed by atoms with Gasteiger partial charge in [0, 0.05) is 9.58 Å². The first-order valence-electron chi connectivity index (χ1n) is 6.45. The molecule has 2 heteroatoms. The summed E-state index contributed by atoms with van der Waals surface area (Å²) in [4.78, 5) is 1.38. The Hall–Kier alpha value is -0.860. The van der Waals surface area contributed by atoms with Gasteiger partial charge in [-0.05, 0) is 36.3 Å². The van der Waals surface area contributed by atoms with Crippen molar-refractivity contribution in [1.29, 1.82) is 0 Å². The van der Waals surface area contributed by atoms with Gasteiger partial charge in [-0.3, -0.25) is 0 Å². The molecule has 0 aliphatic heterocycles. The van der Waals surface area contributed by atoms with E-state index in [0.29, 0.717) is 0 Å². The zero-order chi connectivity index (χ0) is 11.9. The van der Waals surface area contributed by atoms with Crippen molar-refractivity contribution in [1.82, 2.24) is 0 Å². The Morgan fingerprint density at radius 3 is 2.94 bits per heavy atom. The van der Waals surface area contributed by atoms with Crippen LogP contribution in [0.25, 0.3) is 10.1 Å². The van der Waals surface area contributed by atoms with Crippen molar-refractivity contribution in [2.24, 2.45) is 11.7 Å². The molecule has 3 rings (SSSR count). The van der Waals surface area contributed by atoms with Crippen molar-refractivity contribution >= 4 is 21.4 Å². The molecule has 2 aromatic rings. The van der Waals surface area contributed by atoms with Crippen molar-refractivity contribution < 1.29 is 0 Å². The minimum atomic E-state index is -0.0681. The molecule has 0 radical (unpaired) electrons. The maximum absolute atomic E-state index is 6.65. The van der Waals surface area contributed by atoms with E-state index in [1.54, 1.807) is 0 Å². The Morgan fingerprint density at radius 2 is 2.18 bits per heavy atom. The van der Waals surface area contributed by atoms with E-state index in [4.69, 9.17) is 5.73 Å². The Bertz CT molecular complexity index is 497. The highest BCUT2D eigenvalue weighted by Gasteiger charge is 2.33. The molecule has 0 saturated heterocycles. The van der Waals surface area contributed by atoms with Gasteiger partial charge in [-0.15, -0.1) is 11.3 Å². The standard InChI is InChI=1S/C15H19NS/c1-11-5-4-8-15(16,10-11)14-9-12-6-2-3-7-13(12)17-14/h2-3,6-7,9,11H,4-5,8,10,16H2,1H3. The zero-order valence-electron chi connectivity index (χ0n) is 10.3. The molecule has 90 valence electrons. The molecule has 1 aromatic carbocycles. The van der Waals surface area contributed by atoms with Gasteiger partial charge in [0.15, 0.2) is 0 Å². The molecule has 1 aromatic heterocycles. The highest BCUT2D eigenvalue weighted by molar-refractivity contribution is 7.19. The third-order valence-electron chi connectivity index (χ3n) is 3.95. The summed E-state index contributed by atoms with van der Waals surface area (Å²) in [5.41, 5.74) is 6.58. The van der Waals surface area contributed by atoms with E-state index < -0.39 is 0 Å². The first-order chi connectivity index (χ1) is 8.17. The van der Waals surface area contributed by atoms with Crippen LogP contribution in [0.2, 0.25) is 0 Å². The second-order valence-corrected chi connectivity index (χ2v) is 6.59. The second kappa shape index (κ2) is 4.11. The van der Waals surface area contributed by atoms with Crippen LogP contribution in [-0.2, 0) is 5.54 Å². The number of fused-ring (bicyclic) bond motifs is 1. The molecule has 1 heterocycles. The predicted molar refractivity (Wildman–Crippen MR) is 75.3 cm³/mol. The predicted octanol–water partition coefficient (Wildman–Crippen LogP) is 4.27. The molecule has 1 saturated carbocycles. The van der Waals surface area contributed by atoms with E-state index in [0.717, 1.165) is 18.8 Å². The van der Waals surface area contributed by atoms with Gasteiger partial charge >= 0.3 is 0 Å². The minimum absolute atomic E-state index is 0.0681. The Labute approximate surface area is 107 Å². The summed E-state index contributed by atoms with van der Waals surface area (Å²) < 4.78 is 1.37. The van der Waals surface area contributed by atoms with Crippen LogP contribution in [0.5, 0.6) is 0 Å². The fourth-order valence-electron chi connectivity index (χ4n) is 3.04. The monoisotopic (exact) mass is 245 g/mol. The van der Waals surface area contributed by atoms with Crippen molar-refractivity contribution in [3.63, 3.8) is 0 Å². The van der Waals surface area contributed by atoms with Crippen LogP contribution in [0.4, 0.5) is 0 Å². The summed E-state index contributed by atoms with van der Waals surface area (Å²) >= 11 is 1.88. The molecule has 2 N–H and O–H groups in total. The molecule has 17 heavy (non-hydrogen) atoms. The summed E-state index contributed by atoms with van der Waals surface area (Å²) in [6, 6.07) is 10.9. The summed E-state index contributed by atoms with van der Waals surface area (Å²) in [5, 5.41) is 1.34. The quantitative estimate of drug-likeness (QED) is 0.798. The molecule has 0 amide bonds. The summed E-state index contributed by atoms with van der Waals surface area (Å²) in [5.74, 6) is 0.763. The van der Waals surface area contributed by atoms with Gasteiger partial charge in [-0.1, -0.05) is 38.0 Å². The Kier molecular flexibility index (Phi) is 2.72. The lowest BCUT2D eigenvalue weighted by atomic mass is 9.76. The summed E-state index contributed by atoms with van der Waals surface area (Å²) in [6.45, 7) is 2.33. The first kappa shape index (κ1) is 11.2. The fourth-order valence-corrected chi connectivity index (χ4v) is 4.25. The number of hydrogen-bond donors (Lipinski definition) is 1. The molecule has 0 spiro atoms. The average Bonchev–Trinajstić information content (AvgIpc) is 2.73. The number of thiophene rings is 1. The van der Waals surface area contributed by atoms with Gasteiger partial charge in [0.05, 0.1) is 5.54 Å². The molecule has 1 nitrogen and oxygen atoms in total. The minimum Gasteiger partial charge on any atom is -0.321 e. The number of nitrogens with two attached hydrogens (primary N) is 1. The van der Waals surface area contributed by atoms with E-state index in [1.807, 2.05) is 11.3 Å². The van der Waals surface area contributed by atoms with Crippen molar-refractivity contribution in [3.8, 4) is 0 Å². The third kappa shape index (κ3) is 2.00. The number of benzene rings is 1. The van der Waals surface area contributed by atoms with E-state index in [1.165, 1.54) is 27.8 Å². The molecular formula is C15H19NS. The average molecular weight is 245 g/mol. The molecule has 2 atom stereocenters. The van der Waals surface area contributed by atoms with Crippen molar-refractivity contribution in [2.75, 3.05) is 0 Å². The SMILES string of the molecule is CC1CCCC(N)(c2cc3ccccc3s2)C1. The van der Waals surface area contributed by atoms with E-state index in [9.17, 15) is 0 Å². The van der Waals surface area contributed by atoms with Crippen LogP contribution < -0.4 is 5.73 Å². The van der Waals surface area contributed by atoms with E-state index in [-0.39, 0.29) is 5.54 Å². The molecule has 2 unspecified atom stereocenters. The largest absolute Gasteiger partial charge is 0.321 e. The summed E-state index contributed by atoms with van der Waals surface area (Å²) in [7, 11) is 0. The molecule has 1 aliphatic carbocycles. The third-order valence-corrected chi connectivity index (χ3v) is 5.28. The molecule has 0 bridgehead atoms. The van der Waals surface area contributed by atoms with Crippen LogP contribution >= 0.6 is 11.3 Å². The number of hydrogen-bond acceptors (Lipinski definition) is 2. The highest BCUT2D eigenvalue weighted by Crippen LogP contribution is 2.42. The topological polar surface area (TPSA) is 26.0 Å². The Balaban J connectivity index is 2.02. The second-order valence-electron chi connectivity index (χ2n) is 5.51.